The lowest BCUT2D eigenvalue weighted by molar-refractivity contribution is 0.0697. The Morgan fingerprint density at radius 1 is 1.18 bits per heavy atom. The molecule has 0 radical (unpaired) electrons. The molecule has 0 saturated carbocycles. The van der Waals surface area contributed by atoms with E-state index in [2.05, 4.69) is 10.1 Å². The van der Waals surface area contributed by atoms with Gasteiger partial charge in [0.05, 0.1) is 11.8 Å². The highest BCUT2D eigenvalue weighted by atomic mass is 16.4. The van der Waals surface area contributed by atoms with Crippen molar-refractivity contribution in [1.82, 2.24) is 5.01 Å². The smallest absolute Gasteiger partial charge is 0.335 e. The quantitative estimate of drug-likeness (QED) is 0.813. The fourth-order valence-corrected chi connectivity index (χ4v) is 1.85. The molecule has 1 aromatic carbocycles. The topological polar surface area (TPSA) is 52.9 Å². The number of rotatable bonds is 3. The van der Waals surface area contributed by atoms with Crippen molar-refractivity contribution >= 4 is 12.2 Å². The van der Waals surface area contributed by atoms with Gasteiger partial charge in [0.1, 0.15) is 0 Å². The van der Waals surface area contributed by atoms with E-state index in [-0.39, 0.29) is 0 Å². The van der Waals surface area contributed by atoms with E-state index in [0.29, 0.717) is 5.56 Å². The Balaban J connectivity index is 1.98. The molecule has 1 heterocycles. The van der Waals surface area contributed by atoms with Crippen LogP contribution in [0, 0.1) is 0 Å². The molecule has 0 spiro atoms. The standard InChI is InChI=1S/C13H16N2O2/c16-13(17)12-6-4-11(5-7-12)10-14-15-8-2-1-3-9-15/h4-7,10H,1-3,8-9H2,(H,16,17). The normalized spacial score (nSPS) is 16.4. The third-order valence-corrected chi connectivity index (χ3v) is 2.86. The molecule has 1 N–H and O–H groups in total. The van der Waals surface area contributed by atoms with E-state index >= 15 is 0 Å². The summed E-state index contributed by atoms with van der Waals surface area (Å²) in [5.41, 5.74) is 1.24. The van der Waals surface area contributed by atoms with Crippen LogP contribution in [0.1, 0.15) is 35.2 Å². The van der Waals surface area contributed by atoms with Gasteiger partial charge in [0.15, 0.2) is 0 Å². The van der Waals surface area contributed by atoms with Gasteiger partial charge in [-0.1, -0.05) is 12.1 Å². The molecule has 1 aliphatic rings. The predicted octanol–water partition coefficient (Wildman–Crippen LogP) is 2.20. The fourth-order valence-electron chi connectivity index (χ4n) is 1.85. The first-order valence-corrected chi connectivity index (χ1v) is 5.88. The van der Waals surface area contributed by atoms with Gasteiger partial charge in [-0.15, -0.1) is 0 Å². The molecule has 0 amide bonds. The Bertz CT molecular complexity index is 406. The van der Waals surface area contributed by atoms with Gasteiger partial charge in [0.25, 0.3) is 0 Å². The van der Waals surface area contributed by atoms with Crippen LogP contribution in [0.15, 0.2) is 29.4 Å². The second kappa shape index (κ2) is 5.48. The van der Waals surface area contributed by atoms with Crippen LogP contribution in [0.3, 0.4) is 0 Å². The summed E-state index contributed by atoms with van der Waals surface area (Å²) in [6, 6.07) is 6.74. The summed E-state index contributed by atoms with van der Waals surface area (Å²) in [6.45, 7) is 2.04. The zero-order chi connectivity index (χ0) is 12.1. The highest BCUT2D eigenvalue weighted by molar-refractivity contribution is 5.89. The van der Waals surface area contributed by atoms with Crippen molar-refractivity contribution in [2.75, 3.05) is 13.1 Å². The Morgan fingerprint density at radius 2 is 1.82 bits per heavy atom. The largest absolute Gasteiger partial charge is 0.478 e. The second-order valence-electron chi connectivity index (χ2n) is 4.19. The summed E-state index contributed by atoms with van der Waals surface area (Å²) in [4.78, 5) is 10.7. The van der Waals surface area contributed by atoms with Crippen molar-refractivity contribution in [2.24, 2.45) is 5.10 Å². The fraction of sp³-hybridized carbons (Fsp3) is 0.385. The summed E-state index contributed by atoms with van der Waals surface area (Å²) in [6.07, 6.45) is 5.49. The minimum atomic E-state index is -0.899. The van der Waals surface area contributed by atoms with E-state index in [1.54, 1.807) is 30.5 Å². The third kappa shape index (κ3) is 3.31. The molecule has 1 aliphatic heterocycles. The first-order chi connectivity index (χ1) is 8.25. The van der Waals surface area contributed by atoms with Gasteiger partial charge in [0.2, 0.25) is 0 Å². The molecule has 1 saturated heterocycles. The number of piperidine rings is 1. The van der Waals surface area contributed by atoms with Gasteiger partial charge in [-0.2, -0.15) is 5.10 Å². The molecule has 17 heavy (non-hydrogen) atoms. The third-order valence-electron chi connectivity index (χ3n) is 2.86. The molecule has 4 nitrogen and oxygen atoms in total. The number of carboxylic acids is 1. The molecule has 90 valence electrons. The summed E-state index contributed by atoms with van der Waals surface area (Å²) in [5.74, 6) is -0.899. The molecular weight excluding hydrogens is 216 g/mol. The van der Waals surface area contributed by atoms with Gasteiger partial charge >= 0.3 is 5.97 Å². The molecular formula is C13H16N2O2. The van der Waals surface area contributed by atoms with E-state index in [0.717, 1.165) is 18.7 Å². The van der Waals surface area contributed by atoms with Crippen molar-refractivity contribution in [1.29, 1.82) is 0 Å². The number of hydrazone groups is 1. The average Bonchev–Trinajstić information content (AvgIpc) is 2.38. The SMILES string of the molecule is O=C(O)c1ccc(C=NN2CCCCC2)cc1. The van der Waals surface area contributed by atoms with Crippen molar-refractivity contribution in [3.05, 3.63) is 35.4 Å². The van der Waals surface area contributed by atoms with Gasteiger partial charge in [0, 0.05) is 13.1 Å². The van der Waals surface area contributed by atoms with Crippen LogP contribution < -0.4 is 0 Å². The summed E-state index contributed by atoms with van der Waals surface area (Å²) in [5, 5.41) is 15.2. The highest BCUT2D eigenvalue weighted by Gasteiger charge is 2.06. The monoisotopic (exact) mass is 232 g/mol. The number of aromatic carboxylic acids is 1. The average molecular weight is 232 g/mol. The second-order valence-corrected chi connectivity index (χ2v) is 4.19. The Kier molecular flexibility index (Phi) is 3.75. The zero-order valence-electron chi connectivity index (χ0n) is 9.67. The summed E-state index contributed by atoms with van der Waals surface area (Å²) in [7, 11) is 0. The van der Waals surface area contributed by atoms with Gasteiger partial charge in [-0.3, -0.25) is 5.01 Å². The van der Waals surface area contributed by atoms with E-state index in [1.165, 1.54) is 19.3 Å². The molecule has 1 aromatic rings. The highest BCUT2D eigenvalue weighted by Crippen LogP contribution is 2.09. The summed E-state index contributed by atoms with van der Waals surface area (Å²) >= 11 is 0. The maximum atomic E-state index is 10.7. The van der Waals surface area contributed by atoms with Crippen LogP contribution in [0.5, 0.6) is 0 Å². The van der Waals surface area contributed by atoms with Crippen molar-refractivity contribution in [3.8, 4) is 0 Å². The summed E-state index contributed by atoms with van der Waals surface area (Å²) < 4.78 is 0. The minimum absolute atomic E-state index is 0.306. The molecule has 4 heteroatoms. The lowest BCUT2D eigenvalue weighted by Crippen LogP contribution is -2.24. The van der Waals surface area contributed by atoms with Crippen LogP contribution in [-0.4, -0.2) is 35.4 Å². The minimum Gasteiger partial charge on any atom is -0.478 e. The number of carboxylic acid groups (broad SMARTS) is 1. The zero-order valence-corrected chi connectivity index (χ0v) is 9.67. The van der Waals surface area contributed by atoms with E-state index in [4.69, 9.17) is 5.11 Å². The van der Waals surface area contributed by atoms with E-state index in [9.17, 15) is 4.79 Å². The van der Waals surface area contributed by atoms with Crippen LogP contribution in [0.2, 0.25) is 0 Å². The predicted molar refractivity (Wildman–Crippen MR) is 66.4 cm³/mol. The Hall–Kier alpha value is -1.84. The number of carbonyl (C=O) groups is 1. The molecule has 0 atom stereocenters. The number of hydrogen-bond donors (Lipinski definition) is 1. The Labute approximate surface area is 101 Å². The van der Waals surface area contributed by atoms with Crippen LogP contribution >= 0.6 is 0 Å². The Morgan fingerprint density at radius 3 is 2.41 bits per heavy atom. The van der Waals surface area contributed by atoms with Crippen molar-refractivity contribution in [2.45, 2.75) is 19.3 Å². The van der Waals surface area contributed by atoms with Crippen LogP contribution in [-0.2, 0) is 0 Å². The first-order valence-electron chi connectivity index (χ1n) is 5.88. The van der Waals surface area contributed by atoms with Gasteiger partial charge in [-0.25, -0.2) is 4.79 Å². The van der Waals surface area contributed by atoms with Crippen LogP contribution in [0.25, 0.3) is 0 Å². The van der Waals surface area contributed by atoms with Crippen molar-refractivity contribution in [3.63, 3.8) is 0 Å². The lowest BCUT2D eigenvalue weighted by atomic mass is 10.1. The van der Waals surface area contributed by atoms with Gasteiger partial charge < -0.3 is 5.11 Å². The van der Waals surface area contributed by atoms with E-state index in [1.807, 2.05) is 0 Å². The van der Waals surface area contributed by atoms with Crippen molar-refractivity contribution < 1.29 is 9.90 Å². The van der Waals surface area contributed by atoms with Crippen LogP contribution in [0.4, 0.5) is 0 Å². The number of hydrogen-bond acceptors (Lipinski definition) is 3. The molecule has 0 bridgehead atoms. The number of benzene rings is 1. The lowest BCUT2D eigenvalue weighted by Gasteiger charge is -2.23. The molecule has 2 rings (SSSR count). The maximum absolute atomic E-state index is 10.7. The molecule has 0 unspecified atom stereocenters. The van der Waals surface area contributed by atoms with E-state index < -0.39 is 5.97 Å². The molecule has 0 aliphatic carbocycles. The van der Waals surface area contributed by atoms with Gasteiger partial charge in [-0.05, 0) is 37.0 Å². The first kappa shape index (κ1) is 11.6. The molecule has 1 fully saturated rings. The number of nitrogens with zero attached hydrogens (tertiary/aromatic N) is 2. The molecule has 0 aromatic heterocycles. The maximum Gasteiger partial charge on any atom is 0.335 e.